The van der Waals surface area contributed by atoms with Crippen LogP contribution in [0.1, 0.15) is 6.92 Å². The molecule has 10 heavy (non-hydrogen) atoms. The Morgan fingerprint density at radius 3 is 3.20 bits per heavy atom. The molecule has 0 aromatic heterocycles. The molecule has 0 unspecified atom stereocenters. The minimum atomic E-state index is 0.853. The van der Waals surface area contributed by atoms with E-state index in [1.54, 1.807) is 11.8 Å². The Balaban J connectivity index is 2.19. The number of thioether (sulfide) groups is 1. The molecule has 0 radical (unpaired) electrons. The van der Waals surface area contributed by atoms with Gasteiger partial charge in [-0.05, 0) is 6.92 Å². The SMILES string of the molecule is C=C(C)CNC1=NCCS1. The quantitative estimate of drug-likeness (QED) is 0.609. The van der Waals surface area contributed by atoms with Crippen molar-refractivity contribution in [3.8, 4) is 0 Å². The van der Waals surface area contributed by atoms with Crippen LogP contribution in [0.5, 0.6) is 0 Å². The van der Waals surface area contributed by atoms with E-state index in [0.29, 0.717) is 0 Å². The Kier molecular flexibility index (Phi) is 2.81. The predicted octanol–water partition coefficient (Wildman–Crippen LogP) is 1.25. The summed E-state index contributed by atoms with van der Waals surface area (Å²) in [6.45, 7) is 7.61. The van der Waals surface area contributed by atoms with Crippen LogP contribution in [0.3, 0.4) is 0 Å². The highest BCUT2D eigenvalue weighted by molar-refractivity contribution is 8.14. The molecule has 0 saturated heterocycles. The zero-order valence-corrected chi connectivity index (χ0v) is 7.00. The van der Waals surface area contributed by atoms with Crippen molar-refractivity contribution in [2.45, 2.75) is 6.92 Å². The second-order valence-electron chi connectivity index (χ2n) is 2.35. The highest BCUT2D eigenvalue weighted by Gasteiger charge is 2.04. The average Bonchev–Trinajstić information content (AvgIpc) is 2.34. The van der Waals surface area contributed by atoms with Gasteiger partial charge >= 0.3 is 0 Å². The van der Waals surface area contributed by atoms with Crippen LogP contribution in [-0.2, 0) is 0 Å². The molecule has 1 aliphatic rings. The van der Waals surface area contributed by atoms with Gasteiger partial charge in [0.25, 0.3) is 0 Å². The van der Waals surface area contributed by atoms with E-state index in [-0.39, 0.29) is 0 Å². The topological polar surface area (TPSA) is 24.4 Å². The van der Waals surface area contributed by atoms with Gasteiger partial charge in [-0.3, -0.25) is 4.99 Å². The van der Waals surface area contributed by atoms with Gasteiger partial charge in [0, 0.05) is 12.3 Å². The van der Waals surface area contributed by atoms with Gasteiger partial charge in [-0.1, -0.05) is 23.9 Å². The lowest BCUT2D eigenvalue weighted by Crippen LogP contribution is -2.20. The van der Waals surface area contributed by atoms with Gasteiger partial charge in [0.05, 0.1) is 6.54 Å². The summed E-state index contributed by atoms with van der Waals surface area (Å²) < 4.78 is 0. The van der Waals surface area contributed by atoms with Gasteiger partial charge in [-0.15, -0.1) is 0 Å². The van der Waals surface area contributed by atoms with E-state index >= 15 is 0 Å². The first-order valence-electron chi connectivity index (χ1n) is 3.34. The summed E-state index contributed by atoms with van der Waals surface area (Å²) in [5, 5.41) is 4.27. The number of nitrogens with zero attached hydrogens (tertiary/aromatic N) is 1. The van der Waals surface area contributed by atoms with Crippen LogP contribution in [0.2, 0.25) is 0 Å². The number of rotatable bonds is 2. The van der Waals surface area contributed by atoms with Crippen molar-refractivity contribution in [1.29, 1.82) is 0 Å². The van der Waals surface area contributed by atoms with Crippen LogP contribution in [0.4, 0.5) is 0 Å². The van der Waals surface area contributed by atoms with Crippen molar-refractivity contribution in [3.63, 3.8) is 0 Å². The summed E-state index contributed by atoms with van der Waals surface area (Å²) in [6.07, 6.45) is 0. The van der Waals surface area contributed by atoms with E-state index in [1.165, 1.54) is 0 Å². The molecule has 2 nitrogen and oxygen atoms in total. The standard InChI is InChI=1S/C7H12N2S/c1-6(2)5-9-7-8-3-4-10-7/h1,3-5H2,2H3,(H,8,9). The zero-order valence-electron chi connectivity index (χ0n) is 6.18. The number of nitrogens with one attached hydrogen (secondary N) is 1. The normalized spacial score (nSPS) is 16.7. The number of hydrogen-bond acceptors (Lipinski definition) is 3. The van der Waals surface area contributed by atoms with Gasteiger partial charge in [-0.25, -0.2) is 0 Å². The molecule has 1 N–H and O–H groups in total. The van der Waals surface area contributed by atoms with E-state index < -0.39 is 0 Å². The van der Waals surface area contributed by atoms with Crippen LogP contribution in [0.25, 0.3) is 0 Å². The molecule has 0 fully saturated rings. The molecule has 1 aliphatic heterocycles. The van der Waals surface area contributed by atoms with E-state index in [2.05, 4.69) is 16.9 Å². The second kappa shape index (κ2) is 3.66. The molecular weight excluding hydrogens is 144 g/mol. The molecule has 1 heterocycles. The maximum atomic E-state index is 4.24. The lowest BCUT2D eigenvalue weighted by atomic mass is 10.4. The molecule has 0 aliphatic carbocycles. The third-order valence-corrected chi connectivity index (χ3v) is 2.06. The molecular formula is C7H12N2S. The van der Waals surface area contributed by atoms with Crippen molar-refractivity contribution in [2.75, 3.05) is 18.8 Å². The summed E-state index contributed by atoms with van der Waals surface area (Å²) in [6, 6.07) is 0. The van der Waals surface area contributed by atoms with E-state index in [0.717, 1.165) is 29.6 Å². The van der Waals surface area contributed by atoms with E-state index in [1.807, 2.05) is 6.92 Å². The number of aliphatic imine (C=N–C) groups is 1. The average molecular weight is 156 g/mol. The molecule has 56 valence electrons. The minimum absolute atomic E-state index is 0.853. The smallest absolute Gasteiger partial charge is 0.156 e. The Labute approximate surface area is 65.8 Å². The summed E-state index contributed by atoms with van der Waals surface area (Å²) in [5.74, 6) is 1.12. The second-order valence-corrected chi connectivity index (χ2v) is 3.43. The Morgan fingerprint density at radius 2 is 2.70 bits per heavy atom. The summed E-state index contributed by atoms with van der Waals surface area (Å²) >= 11 is 1.78. The summed E-state index contributed by atoms with van der Waals surface area (Å²) in [5.41, 5.74) is 1.15. The third-order valence-electron chi connectivity index (χ3n) is 1.13. The molecule has 3 heteroatoms. The fourth-order valence-corrected chi connectivity index (χ4v) is 1.40. The molecule has 0 aromatic carbocycles. The van der Waals surface area contributed by atoms with Crippen LogP contribution in [0, 0.1) is 0 Å². The van der Waals surface area contributed by atoms with Crippen molar-refractivity contribution in [2.24, 2.45) is 4.99 Å². The van der Waals surface area contributed by atoms with E-state index in [4.69, 9.17) is 0 Å². The first-order chi connectivity index (χ1) is 4.79. The number of hydrogen-bond donors (Lipinski definition) is 1. The van der Waals surface area contributed by atoms with Crippen LogP contribution < -0.4 is 5.32 Å². The van der Waals surface area contributed by atoms with Crippen LogP contribution in [0.15, 0.2) is 17.1 Å². The van der Waals surface area contributed by atoms with Gasteiger partial charge < -0.3 is 5.32 Å². The molecule has 0 aromatic rings. The van der Waals surface area contributed by atoms with Crippen LogP contribution >= 0.6 is 11.8 Å². The Hall–Kier alpha value is -0.440. The summed E-state index contributed by atoms with van der Waals surface area (Å²) in [7, 11) is 0. The number of amidine groups is 1. The maximum absolute atomic E-state index is 4.24. The lowest BCUT2D eigenvalue weighted by Gasteiger charge is -2.02. The van der Waals surface area contributed by atoms with Crippen molar-refractivity contribution in [1.82, 2.24) is 5.32 Å². The molecule has 0 spiro atoms. The Morgan fingerprint density at radius 1 is 1.90 bits per heavy atom. The fourth-order valence-electron chi connectivity index (χ4n) is 0.669. The van der Waals surface area contributed by atoms with Gasteiger partial charge in [0.15, 0.2) is 5.17 Å². The highest BCUT2D eigenvalue weighted by Crippen LogP contribution is 2.08. The monoisotopic (exact) mass is 156 g/mol. The van der Waals surface area contributed by atoms with Crippen molar-refractivity contribution in [3.05, 3.63) is 12.2 Å². The first kappa shape index (κ1) is 7.66. The van der Waals surface area contributed by atoms with Gasteiger partial charge in [-0.2, -0.15) is 0 Å². The van der Waals surface area contributed by atoms with Crippen LogP contribution in [-0.4, -0.2) is 24.0 Å². The molecule has 0 atom stereocenters. The lowest BCUT2D eigenvalue weighted by molar-refractivity contribution is 0.993. The largest absolute Gasteiger partial charge is 0.361 e. The zero-order chi connectivity index (χ0) is 7.40. The van der Waals surface area contributed by atoms with Crippen molar-refractivity contribution >= 4 is 16.9 Å². The molecule has 0 saturated carbocycles. The third kappa shape index (κ3) is 2.43. The molecule has 0 bridgehead atoms. The fraction of sp³-hybridized carbons (Fsp3) is 0.571. The van der Waals surface area contributed by atoms with Gasteiger partial charge in [0.1, 0.15) is 0 Å². The molecule has 0 amide bonds. The molecule has 1 rings (SSSR count). The predicted molar refractivity (Wildman–Crippen MR) is 47.6 cm³/mol. The van der Waals surface area contributed by atoms with Crippen molar-refractivity contribution < 1.29 is 0 Å². The first-order valence-corrected chi connectivity index (χ1v) is 4.33. The summed E-state index contributed by atoms with van der Waals surface area (Å²) in [4.78, 5) is 4.24. The Bertz CT molecular complexity index is 163. The maximum Gasteiger partial charge on any atom is 0.156 e. The highest BCUT2D eigenvalue weighted by atomic mass is 32.2. The minimum Gasteiger partial charge on any atom is -0.361 e. The van der Waals surface area contributed by atoms with Gasteiger partial charge in [0.2, 0.25) is 0 Å². The van der Waals surface area contributed by atoms with E-state index in [9.17, 15) is 0 Å².